The van der Waals surface area contributed by atoms with Crippen LogP contribution >= 0.6 is 0 Å². The third-order valence-corrected chi connectivity index (χ3v) is 3.89. The van der Waals surface area contributed by atoms with Crippen LogP contribution in [0.15, 0.2) is 11.8 Å². The highest BCUT2D eigenvalue weighted by Crippen LogP contribution is 2.43. The summed E-state index contributed by atoms with van der Waals surface area (Å²) in [7, 11) is 1.67. The van der Waals surface area contributed by atoms with E-state index in [0.717, 1.165) is 0 Å². The molecule has 0 aliphatic carbocycles. The number of amides is 2. The lowest BCUT2D eigenvalue weighted by Gasteiger charge is -2.47. The molecule has 110 valence electrons. The van der Waals surface area contributed by atoms with Crippen molar-refractivity contribution in [2.24, 2.45) is 11.8 Å². The predicted molar refractivity (Wildman–Crippen MR) is 70.5 cm³/mol. The maximum Gasteiger partial charge on any atom is 0.352 e. The number of carbonyl (C=O) groups excluding carboxylic acids is 2. The Morgan fingerprint density at radius 1 is 1.50 bits per heavy atom. The van der Waals surface area contributed by atoms with Gasteiger partial charge >= 0.3 is 5.97 Å². The summed E-state index contributed by atoms with van der Waals surface area (Å²) in [6.07, 6.45) is 1.60. The van der Waals surface area contributed by atoms with E-state index in [2.05, 4.69) is 10.6 Å². The number of carbonyl (C=O) groups is 3. The zero-order valence-corrected chi connectivity index (χ0v) is 11.7. The molecule has 0 radical (unpaired) electrons. The van der Waals surface area contributed by atoms with Crippen LogP contribution in [0.2, 0.25) is 0 Å². The molecular formula is C13H19N3O4. The van der Waals surface area contributed by atoms with Crippen LogP contribution in [-0.2, 0) is 14.4 Å². The van der Waals surface area contributed by atoms with Gasteiger partial charge in [0.05, 0.1) is 18.5 Å². The van der Waals surface area contributed by atoms with Crippen LogP contribution in [0.1, 0.15) is 13.8 Å². The van der Waals surface area contributed by atoms with Crippen LogP contribution in [-0.4, -0.2) is 53.5 Å². The maximum atomic E-state index is 12.1. The number of hydrogen-bond acceptors (Lipinski definition) is 4. The number of likely N-dealkylation sites (N-methyl/N-ethyl adjacent to an activating group) is 1. The molecule has 0 aromatic rings. The Hall–Kier alpha value is -1.89. The first-order valence-electron chi connectivity index (χ1n) is 6.60. The fourth-order valence-electron chi connectivity index (χ4n) is 3.04. The van der Waals surface area contributed by atoms with Gasteiger partial charge in [0, 0.05) is 6.04 Å². The number of fused-ring (bicyclic) bond motifs is 1. The molecule has 2 amide bonds. The van der Waals surface area contributed by atoms with Crippen LogP contribution < -0.4 is 10.6 Å². The highest BCUT2D eigenvalue weighted by molar-refractivity contribution is 5.99. The van der Waals surface area contributed by atoms with Gasteiger partial charge < -0.3 is 20.6 Å². The van der Waals surface area contributed by atoms with Gasteiger partial charge in [-0.25, -0.2) is 4.79 Å². The fourth-order valence-corrected chi connectivity index (χ4v) is 3.04. The Morgan fingerprint density at radius 3 is 2.70 bits per heavy atom. The van der Waals surface area contributed by atoms with Crippen molar-refractivity contribution in [1.29, 1.82) is 0 Å². The monoisotopic (exact) mass is 281 g/mol. The van der Waals surface area contributed by atoms with Gasteiger partial charge in [-0.15, -0.1) is 0 Å². The van der Waals surface area contributed by atoms with E-state index < -0.39 is 5.97 Å². The second-order valence-electron chi connectivity index (χ2n) is 5.33. The van der Waals surface area contributed by atoms with Crippen molar-refractivity contribution in [3.05, 3.63) is 11.8 Å². The van der Waals surface area contributed by atoms with E-state index in [9.17, 15) is 14.4 Å². The Balaban J connectivity index is 2.05. The highest BCUT2D eigenvalue weighted by atomic mass is 16.4. The highest BCUT2D eigenvalue weighted by Gasteiger charge is 2.57. The van der Waals surface area contributed by atoms with Gasteiger partial charge in [-0.3, -0.25) is 9.59 Å². The summed E-state index contributed by atoms with van der Waals surface area (Å²) in [5.74, 6) is -1.88. The Bertz CT molecular complexity index is 488. The number of carboxylic acid groups (broad SMARTS) is 1. The number of hydrogen-bond donors (Lipinski definition) is 3. The largest absolute Gasteiger partial charge is 0.477 e. The number of nitrogens with zero attached hydrogens (tertiary/aromatic N) is 1. The van der Waals surface area contributed by atoms with Gasteiger partial charge in [0.25, 0.3) is 0 Å². The summed E-state index contributed by atoms with van der Waals surface area (Å²) in [4.78, 5) is 36.1. The van der Waals surface area contributed by atoms with E-state index in [1.165, 1.54) is 4.90 Å². The van der Waals surface area contributed by atoms with Crippen molar-refractivity contribution in [2.75, 3.05) is 13.6 Å². The van der Waals surface area contributed by atoms with Gasteiger partial charge in [0.1, 0.15) is 5.70 Å². The van der Waals surface area contributed by atoms with Gasteiger partial charge in [-0.1, -0.05) is 6.92 Å². The average molecular weight is 281 g/mol. The van der Waals surface area contributed by atoms with Crippen molar-refractivity contribution >= 4 is 17.8 Å². The molecule has 7 nitrogen and oxygen atoms in total. The van der Waals surface area contributed by atoms with Crippen molar-refractivity contribution < 1.29 is 19.5 Å². The molecule has 2 rings (SSSR count). The SMILES string of the molecule is CNCC(=O)NC(C)C1C(=O)N2C(C(=O)O)=CC(C)C12. The molecule has 0 saturated carbocycles. The summed E-state index contributed by atoms with van der Waals surface area (Å²) < 4.78 is 0. The van der Waals surface area contributed by atoms with Crippen molar-refractivity contribution in [3.63, 3.8) is 0 Å². The Kier molecular flexibility index (Phi) is 3.80. The first kappa shape index (κ1) is 14.5. The fraction of sp³-hybridized carbons (Fsp3) is 0.615. The van der Waals surface area contributed by atoms with Crippen LogP contribution in [0.5, 0.6) is 0 Å². The molecule has 0 bridgehead atoms. The number of β-lactam (4-membered cyclic amide) rings is 1. The summed E-state index contributed by atoms with van der Waals surface area (Å²) >= 11 is 0. The topological polar surface area (TPSA) is 98.7 Å². The van der Waals surface area contributed by atoms with E-state index >= 15 is 0 Å². The van der Waals surface area contributed by atoms with Gasteiger partial charge in [0.15, 0.2) is 0 Å². The molecule has 4 atom stereocenters. The number of rotatable bonds is 5. The molecule has 2 heterocycles. The molecule has 7 heteroatoms. The first-order chi connectivity index (χ1) is 9.38. The lowest BCUT2D eigenvalue weighted by molar-refractivity contribution is -0.158. The lowest BCUT2D eigenvalue weighted by Crippen LogP contribution is -2.66. The van der Waals surface area contributed by atoms with E-state index in [-0.39, 0.29) is 48.0 Å². The predicted octanol–water partition coefficient (Wildman–Crippen LogP) is -0.844. The molecule has 20 heavy (non-hydrogen) atoms. The van der Waals surface area contributed by atoms with E-state index in [1.54, 1.807) is 20.0 Å². The molecule has 0 spiro atoms. The second kappa shape index (κ2) is 5.24. The van der Waals surface area contributed by atoms with Crippen molar-refractivity contribution in [2.45, 2.75) is 25.9 Å². The summed E-state index contributed by atoms with van der Waals surface area (Å²) in [6, 6.07) is -0.480. The number of aliphatic carboxylic acids is 1. The van der Waals surface area contributed by atoms with Gasteiger partial charge in [0.2, 0.25) is 11.8 Å². The van der Waals surface area contributed by atoms with Crippen LogP contribution in [0.3, 0.4) is 0 Å². The summed E-state index contributed by atoms with van der Waals surface area (Å²) in [6.45, 7) is 3.85. The molecule has 2 aliphatic heterocycles. The van der Waals surface area contributed by atoms with Gasteiger partial charge in [-0.2, -0.15) is 0 Å². The minimum absolute atomic E-state index is 0.0209. The normalized spacial score (nSPS) is 29.4. The molecular weight excluding hydrogens is 262 g/mol. The van der Waals surface area contributed by atoms with E-state index in [0.29, 0.717) is 0 Å². The standard InChI is InChI=1S/C13H19N3O4/c1-6-4-8(13(19)20)16-11(6)10(12(16)18)7(2)15-9(17)5-14-3/h4,6-7,10-11,14H,5H2,1-3H3,(H,15,17)(H,19,20). The van der Waals surface area contributed by atoms with Crippen LogP contribution in [0, 0.1) is 11.8 Å². The number of carboxylic acids is 1. The smallest absolute Gasteiger partial charge is 0.352 e. The second-order valence-corrected chi connectivity index (χ2v) is 5.33. The molecule has 1 saturated heterocycles. The quantitative estimate of drug-likeness (QED) is 0.570. The first-order valence-corrected chi connectivity index (χ1v) is 6.60. The van der Waals surface area contributed by atoms with Crippen LogP contribution in [0.25, 0.3) is 0 Å². The Labute approximate surface area is 117 Å². The molecule has 3 N–H and O–H groups in total. The van der Waals surface area contributed by atoms with E-state index in [1.807, 2.05) is 6.92 Å². The van der Waals surface area contributed by atoms with Crippen LogP contribution in [0.4, 0.5) is 0 Å². The van der Waals surface area contributed by atoms with E-state index in [4.69, 9.17) is 5.11 Å². The maximum absolute atomic E-state index is 12.1. The lowest BCUT2D eigenvalue weighted by atomic mass is 9.78. The molecule has 0 aromatic carbocycles. The molecule has 0 aromatic heterocycles. The summed E-state index contributed by atoms with van der Waals surface area (Å²) in [5, 5.41) is 14.6. The number of nitrogens with one attached hydrogen (secondary N) is 2. The zero-order valence-electron chi connectivity index (χ0n) is 11.7. The van der Waals surface area contributed by atoms with Crippen molar-refractivity contribution in [1.82, 2.24) is 15.5 Å². The Morgan fingerprint density at radius 2 is 2.15 bits per heavy atom. The minimum atomic E-state index is -1.09. The van der Waals surface area contributed by atoms with Crippen molar-refractivity contribution in [3.8, 4) is 0 Å². The summed E-state index contributed by atoms with van der Waals surface area (Å²) in [5.41, 5.74) is 0.0532. The average Bonchev–Trinajstić information content (AvgIpc) is 2.63. The zero-order chi connectivity index (χ0) is 15.0. The molecule has 4 unspecified atom stereocenters. The third kappa shape index (κ3) is 2.18. The minimum Gasteiger partial charge on any atom is -0.477 e. The molecule has 1 fully saturated rings. The molecule has 2 aliphatic rings. The van der Waals surface area contributed by atoms with Gasteiger partial charge in [-0.05, 0) is 26.0 Å². The third-order valence-electron chi connectivity index (χ3n) is 3.89.